The Kier molecular flexibility index (Phi) is 3.77. The van der Waals surface area contributed by atoms with E-state index < -0.39 is 16.0 Å². The fourth-order valence-corrected chi connectivity index (χ4v) is 0.727. The Morgan fingerprint density at radius 3 is 2.64 bits per heavy atom. The van der Waals surface area contributed by atoms with Crippen molar-refractivity contribution in [2.45, 2.75) is 0 Å². The first-order chi connectivity index (χ1) is 5.02. The maximum absolute atomic E-state index is 10.6. The van der Waals surface area contributed by atoms with Crippen molar-refractivity contribution in [1.29, 1.82) is 0 Å². The number of carbonyl (C=O) groups is 1. The first-order valence-corrected chi connectivity index (χ1v) is 4.25. The van der Waals surface area contributed by atoms with E-state index in [0.717, 1.165) is 5.41 Å². The zero-order chi connectivity index (χ0) is 8.91. The highest BCUT2D eigenvalue weighted by molar-refractivity contribution is 7.92. The molecule has 0 fully saturated rings. The molecule has 0 amide bonds. The summed E-state index contributed by atoms with van der Waals surface area (Å²) in [6, 6.07) is 0. The van der Waals surface area contributed by atoms with Gasteiger partial charge in [-0.25, -0.2) is 13.1 Å². The van der Waals surface area contributed by atoms with Crippen LogP contribution in [0.25, 0.3) is 0 Å². The number of esters is 1. The topological polar surface area (TPSA) is 72.5 Å². The van der Waals surface area contributed by atoms with Gasteiger partial charge in [-0.05, 0) is 0 Å². The summed E-state index contributed by atoms with van der Waals surface area (Å²) in [6.07, 6.45) is 0. The van der Waals surface area contributed by atoms with Crippen molar-refractivity contribution in [3.05, 3.63) is 12.0 Å². The van der Waals surface area contributed by atoms with Gasteiger partial charge in [0.15, 0.2) is 0 Å². The van der Waals surface area contributed by atoms with E-state index in [9.17, 15) is 13.2 Å². The molecule has 0 unspecified atom stereocenters. The third kappa shape index (κ3) is 4.51. The smallest absolute Gasteiger partial charge is 0.320 e. The number of hydrogen-bond donors (Lipinski definition) is 1. The summed E-state index contributed by atoms with van der Waals surface area (Å²) in [5.74, 6) is -0.643. The number of nitrogens with one attached hydrogen (secondary N) is 1. The molecule has 1 N–H and O–H groups in total. The van der Waals surface area contributed by atoms with Crippen LogP contribution in [-0.2, 0) is 19.6 Å². The van der Waals surface area contributed by atoms with E-state index in [1.165, 1.54) is 7.11 Å². The Hall–Kier alpha value is -0.880. The Morgan fingerprint density at radius 1 is 1.73 bits per heavy atom. The highest BCUT2D eigenvalue weighted by Crippen LogP contribution is 1.82. The number of rotatable bonds is 4. The quantitative estimate of drug-likeness (QED) is 0.575. The summed E-state index contributed by atoms with van der Waals surface area (Å²) >= 11 is 0. The molecule has 0 aromatic carbocycles. The average Bonchev–Trinajstić information content (AvgIpc) is 2.00. The lowest BCUT2D eigenvalue weighted by Gasteiger charge is -1.99. The van der Waals surface area contributed by atoms with Gasteiger partial charge in [0.1, 0.15) is 6.54 Å². The van der Waals surface area contributed by atoms with Crippen LogP contribution in [0.15, 0.2) is 12.0 Å². The lowest BCUT2D eigenvalue weighted by atomic mass is 10.7. The normalized spacial score (nSPS) is 10.6. The molecule has 0 atom stereocenters. The minimum absolute atomic E-state index is 0.370. The van der Waals surface area contributed by atoms with Crippen molar-refractivity contribution >= 4 is 16.0 Å². The molecule has 0 saturated carbocycles. The van der Waals surface area contributed by atoms with Crippen LogP contribution in [0.5, 0.6) is 0 Å². The van der Waals surface area contributed by atoms with Crippen LogP contribution >= 0.6 is 0 Å². The van der Waals surface area contributed by atoms with Crippen LogP contribution in [0.3, 0.4) is 0 Å². The van der Waals surface area contributed by atoms with E-state index in [1.807, 2.05) is 4.72 Å². The van der Waals surface area contributed by atoms with Crippen LogP contribution in [-0.4, -0.2) is 28.0 Å². The maximum atomic E-state index is 10.6. The minimum Gasteiger partial charge on any atom is -0.468 e. The minimum atomic E-state index is -3.51. The number of methoxy groups -OCH3 is 1. The van der Waals surface area contributed by atoms with E-state index in [2.05, 4.69) is 11.3 Å². The van der Waals surface area contributed by atoms with E-state index >= 15 is 0 Å². The van der Waals surface area contributed by atoms with Gasteiger partial charge in [-0.3, -0.25) is 4.79 Å². The second-order valence-electron chi connectivity index (χ2n) is 1.61. The number of hydrogen-bond acceptors (Lipinski definition) is 4. The lowest BCUT2D eigenvalue weighted by Crippen LogP contribution is -2.28. The van der Waals surface area contributed by atoms with E-state index in [0.29, 0.717) is 0 Å². The van der Waals surface area contributed by atoms with Gasteiger partial charge in [0.25, 0.3) is 0 Å². The number of sulfonamides is 1. The number of ether oxygens (including phenoxy) is 1. The summed E-state index contributed by atoms with van der Waals surface area (Å²) in [5.41, 5.74) is 0. The molecule has 5 nitrogen and oxygen atoms in total. The van der Waals surface area contributed by atoms with Crippen molar-refractivity contribution in [3.8, 4) is 0 Å². The van der Waals surface area contributed by atoms with Crippen molar-refractivity contribution in [3.63, 3.8) is 0 Å². The van der Waals surface area contributed by atoms with E-state index in [1.54, 1.807) is 0 Å². The maximum Gasteiger partial charge on any atom is 0.320 e. The van der Waals surface area contributed by atoms with Crippen molar-refractivity contribution in [1.82, 2.24) is 4.72 Å². The van der Waals surface area contributed by atoms with Gasteiger partial charge in [0, 0.05) is 5.41 Å². The molecule has 0 heterocycles. The van der Waals surface area contributed by atoms with Gasteiger partial charge in [-0.2, -0.15) is 0 Å². The predicted octanol–water partition coefficient (Wildman–Crippen LogP) is -0.778. The predicted molar refractivity (Wildman–Crippen MR) is 39.1 cm³/mol. The van der Waals surface area contributed by atoms with Crippen molar-refractivity contribution in [2.75, 3.05) is 13.7 Å². The molecular weight excluding hydrogens is 170 g/mol. The zero-order valence-corrected chi connectivity index (χ0v) is 6.85. The fourth-order valence-electron chi connectivity index (χ4n) is 0.291. The van der Waals surface area contributed by atoms with Gasteiger partial charge < -0.3 is 4.74 Å². The molecule has 6 heteroatoms. The molecule has 64 valence electrons. The van der Waals surface area contributed by atoms with Crippen LogP contribution in [0, 0.1) is 0 Å². The molecular formula is C5H9NO4S. The SMILES string of the molecule is C=CS(=O)(=O)NCC(=O)OC. The van der Waals surface area contributed by atoms with Crippen LogP contribution in [0.2, 0.25) is 0 Å². The molecule has 0 aromatic heterocycles. The summed E-state index contributed by atoms with van der Waals surface area (Å²) in [7, 11) is -2.34. The number of carbonyl (C=O) groups excluding carboxylic acids is 1. The Morgan fingerprint density at radius 2 is 2.27 bits per heavy atom. The van der Waals surface area contributed by atoms with Gasteiger partial charge >= 0.3 is 5.97 Å². The van der Waals surface area contributed by atoms with Gasteiger partial charge in [-0.15, -0.1) is 0 Å². The average molecular weight is 179 g/mol. The third-order valence-corrected chi connectivity index (χ3v) is 1.85. The first-order valence-electron chi connectivity index (χ1n) is 2.71. The largest absolute Gasteiger partial charge is 0.468 e. The van der Waals surface area contributed by atoms with E-state index in [-0.39, 0.29) is 6.54 Å². The van der Waals surface area contributed by atoms with Crippen molar-refractivity contribution in [2.24, 2.45) is 0 Å². The Balaban J connectivity index is 3.90. The van der Waals surface area contributed by atoms with Gasteiger partial charge in [-0.1, -0.05) is 6.58 Å². The monoisotopic (exact) mass is 179 g/mol. The summed E-state index contributed by atoms with van der Waals surface area (Å²) in [5, 5.41) is 0.718. The van der Waals surface area contributed by atoms with Gasteiger partial charge in [0.05, 0.1) is 7.11 Å². The molecule has 0 aliphatic rings. The second-order valence-corrected chi connectivity index (χ2v) is 3.32. The zero-order valence-electron chi connectivity index (χ0n) is 6.03. The third-order valence-electron chi connectivity index (χ3n) is 0.865. The molecule has 0 aliphatic carbocycles. The summed E-state index contributed by atoms with van der Waals surface area (Å²) < 4.78 is 27.3. The molecule has 0 aromatic rings. The lowest BCUT2D eigenvalue weighted by molar-refractivity contribution is -0.139. The Labute approximate surface area is 65.1 Å². The fraction of sp³-hybridized carbons (Fsp3) is 0.400. The summed E-state index contributed by atoms with van der Waals surface area (Å²) in [4.78, 5) is 10.4. The molecule has 0 saturated heterocycles. The van der Waals surface area contributed by atoms with Gasteiger partial charge in [0.2, 0.25) is 10.0 Å². The first kappa shape index (κ1) is 10.1. The summed E-state index contributed by atoms with van der Waals surface area (Å²) in [6.45, 7) is 2.66. The van der Waals surface area contributed by atoms with Crippen molar-refractivity contribution < 1.29 is 17.9 Å². The second kappa shape index (κ2) is 4.09. The van der Waals surface area contributed by atoms with Crippen LogP contribution in [0.1, 0.15) is 0 Å². The molecule has 0 radical (unpaired) electrons. The molecule has 0 aliphatic heterocycles. The highest BCUT2D eigenvalue weighted by Gasteiger charge is 2.06. The Bertz CT molecular complexity index is 243. The molecule has 11 heavy (non-hydrogen) atoms. The molecule has 0 bridgehead atoms. The molecule has 0 rings (SSSR count). The van der Waals surface area contributed by atoms with Crippen LogP contribution < -0.4 is 4.72 Å². The molecule has 0 spiro atoms. The standard InChI is InChI=1S/C5H9NO4S/c1-3-11(8,9)6-4-5(7)10-2/h3,6H,1,4H2,2H3. The van der Waals surface area contributed by atoms with Crippen LogP contribution in [0.4, 0.5) is 0 Å². The highest BCUT2D eigenvalue weighted by atomic mass is 32.2. The van der Waals surface area contributed by atoms with E-state index in [4.69, 9.17) is 0 Å².